The summed E-state index contributed by atoms with van der Waals surface area (Å²) < 4.78 is 6.97. The Bertz CT molecular complexity index is 632. The molecule has 0 fully saturated rings. The van der Waals surface area contributed by atoms with Gasteiger partial charge in [0.1, 0.15) is 11.4 Å². The summed E-state index contributed by atoms with van der Waals surface area (Å²) in [7, 11) is 1.62. The van der Waals surface area contributed by atoms with E-state index in [1.807, 2.05) is 13.8 Å². The van der Waals surface area contributed by atoms with Crippen molar-refractivity contribution in [1.82, 2.24) is 9.78 Å². The number of hydrogen-bond acceptors (Lipinski definition) is 5. The Labute approximate surface area is 116 Å². The summed E-state index contributed by atoms with van der Waals surface area (Å²) in [6, 6.07) is 6.64. The molecule has 0 aliphatic rings. The molecule has 0 amide bonds. The lowest BCUT2D eigenvalue weighted by atomic mass is 10.1. The maximum absolute atomic E-state index is 11.3. The van der Waals surface area contributed by atoms with Gasteiger partial charge in [0.25, 0.3) is 5.88 Å². The van der Waals surface area contributed by atoms with E-state index in [1.54, 1.807) is 31.3 Å². The zero-order chi connectivity index (χ0) is 14.9. The molecule has 0 saturated heterocycles. The van der Waals surface area contributed by atoms with E-state index in [0.717, 1.165) is 0 Å². The molecule has 106 valence electrons. The molecule has 0 aliphatic heterocycles. The minimum Gasteiger partial charge on any atom is -0.434 e. The number of nitrogen functional groups attached to an aromatic ring is 1. The van der Waals surface area contributed by atoms with Crippen LogP contribution in [-0.2, 0) is 7.05 Å². The summed E-state index contributed by atoms with van der Waals surface area (Å²) in [6.45, 7) is 3.70. The molecule has 0 aliphatic carbocycles. The topological polar surface area (TPSA) is 96.2 Å². The van der Waals surface area contributed by atoms with E-state index < -0.39 is 4.92 Å². The van der Waals surface area contributed by atoms with Crippen LogP contribution >= 0.6 is 0 Å². The molecule has 1 heterocycles. The van der Waals surface area contributed by atoms with Crippen LogP contribution in [-0.4, -0.2) is 14.7 Å². The van der Waals surface area contributed by atoms with E-state index in [4.69, 9.17) is 10.5 Å². The van der Waals surface area contributed by atoms with Crippen molar-refractivity contribution in [2.24, 2.45) is 7.05 Å². The van der Waals surface area contributed by atoms with Crippen molar-refractivity contribution in [3.8, 4) is 11.6 Å². The number of hydrogen-bond donors (Lipinski definition) is 1. The van der Waals surface area contributed by atoms with Crippen LogP contribution in [0.25, 0.3) is 0 Å². The van der Waals surface area contributed by atoms with Gasteiger partial charge in [-0.05, 0) is 24.3 Å². The van der Waals surface area contributed by atoms with E-state index >= 15 is 0 Å². The van der Waals surface area contributed by atoms with Crippen LogP contribution in [0.4, 0.5) is 11.4 Å². The van der Waals surface area contributed by atoms with E-state index in [2.05, 4.69) is 5.10 Å². The second-order valence-electron chi connectivity index (χ2n) is 4.75. The van der Waals surface area contributed by atoms with Crippen LogP contribution in [0, 0.1) is 10.1 Å². The van der Waals surface area contributed by atoms with Crippen molar-refractivity contribution < 1.29 is 9.66 Å². The second-order valence-corrected chi connectivity index (χ2v) is 4.75. The Kier molecular flexibility index (Phi) is 3.60. The molecule has 0 unspecified atom stereocenters. The third-order valence-electron chi connectivity index (χ3n) is 2.82. The fraction of sp³-hybridized carbons (Fsp3) is 0.308. The summed E-state index contributed by atoms with van der Waals surface area (Å²) in [6.07, 6.45) is 0. The predicted molar refractivity (Wildman–Crippen MR) is 74.9 cm³/mol. The molecular weight excluding hydrogens is 260 g/mol. The van der Waals surface area contributed by atoms with Gasteiger partial charge in [0, 0.05) is 18.7 Å². The number of benzene rings is 1. The molecule has 0 saturated carbocycles. The normalized spacial score (nSPS) is 10.8. The van der Waals surface area contributed by atoms with Crippen molar-refractivity contribution in [2.45, 2.75) is 19.8 Å². The molecular formula is C13H16N4O3. The molecule has 7 heteroatoms. The third-order valence-corrected chi connectivity index (χ3v) is 2.82. The Hall–Kier alpha value is -2.57. The van der Waals surface area contributed by atoms with Gasteiger partial charge in [-0.3, -0.25) is 10.1 Å². The summed E-state index contributed by atoms with van der Waals surface area (Å²) in [5, 5.41) is 15.4. The number of nitrogens with two attached hydrogens (primary N) is 1. The number of aromatic nitrogens is 2. The highest BCUT2D eigenvalue weighted by Gasteiger charge is 2.30. The van der Waals surface area contributed by atoms with Gasteiger partial charge in [-0.25, -0.2) is 4.68 Å². The van der Waals surface area contributed by atoms with Gasteiger partial charge in [0.2, 0.25) is 0 Å². The smallest absolute Gasteiger partial charge is 0.354 e. The van der Waals surface area contributed by atoms with Gasteiger partial charge < -0.3 is 10.5 Å². The van der Waals surface area contributed by atoms with Crippen LogP contribution in [0.5, 0.6) is 11.6 Å². The first kappa shape index (κ1) is 13.9. The van der Waals surface area contributed by atoms with Gasteiger partial charge in [0.15, 0.2) is 0 Å². The van der Waals surface area contributed by atoms with Crippen molar-refractivity contribution >= 4 is 11.4 Å². The first-order valence-corrected chi connectivity index (χ1v) is 6.14. The summed E-state index contributed by atoms with van der Waals surface area (Å²) in [4.78, 5) is 10.8. The Morgan fingerprint density at radius 3 is 2.45 bits per heavy atom. The number of nitro groups is 1. The highest BCUT2D eigenvalue weighted by Crippen LogP contribution is 2.37. The third kappa shape index (κ3) is 2.56. The molecule has 2 N–H and O–H groups in total. The summed E-state index contributed by atoms with van der Waals surface area (Å²) >= 11 is 0. The van der Waals surface area contributed by atoms with Crippen molar-refractivity contribution in [2.75, 3.05) is 5.73 Å². The summed E-state index contributed by atoms with van der Waals surface area (Å²) in [5.74, 6) is 0.523. The number of aryl methyl sites for hydroxylation is 1. The number of rotatable bonds is 4. The highest BCUT2D eigenvalue weighted by atomic mass is 16.6. The lowest BCUT2D eigenvalue weighted by molar-refractivity contribution is -0.386. The molecule has 0 spiro atoms. The predicted octanol–water partition coefficient (Wildman–Crippen LogP) is 2.83. The van der Waals surface area contributed by atoms with Crippen molar-refractivity contribution in [3.63, 3.8) is 0 Å². The van der Waals surface area contributed by atoms with Crippen molar-refractivity contribution in [3.05, 3.63) is 40.1 Å². The molecule has 0 atom stereocenters. The molecule has 2 aromatic rings. The van der Waals surface area contributed by atoms with Gasteiger partial charge in [-0.1, -0.05) is 13.8 Å². The van der Waals surface area contributed by atoms with Crippen LogP contribution in [0.2, 0.25) is 0 Å². The first-order chi connectivity index (χ1) is 9.40. The number of anilines is 1. The summed E-state index contributed by atoms with van der Waals surface area (Å²) in [5.41, 5.74) is 6.50. The van der Waals surface area contributed by atoms with Crippen LogP contribution in [0.1, 0.15) is 25.5 Å². The van der Waals surface area contributed by atoms with Crippen LogP contribution in [0.15, 0.2) is 24.3 Å². The minimum absolute atomic E-state index is 0.0645. The van der Waals surface area contributed by atoms with E-state index in [9.17, 15) is 10.1 Å². The lowest BCUT2D eigenvalue weighted by Gasteiger charge is -2.05. The largest absolute Gasteiger partial charge is 0.434 e. The number of nitrogens with zero attached hydrogens (tertiary/aromatic N) is 3. The molecule has 2 rings (SSSR count). The molecule has 0 radical (unpaired) electrons. The number of ether oxygens (including phenoxy) is 1. The quantitative estimate of drug-likeness (QED) is 0.526. The van der Waals surface area contributed by atoms with E-state index in [1.165, 1.54) is 4.68 Å². The molecule has 1 aromatic heterocycles. The molecule has 7 nitrogen and oxygen atoms in total. The van der Waals surface area contributed by atoms with E-state index in [-0.39, 0.29) is 17.5 Å². The monoisotopic (exact) mass is 276 g/mol. The van der Waals surface area contributed by atoms with Crippen LogP contribution in [0.3, 0.4) is 0 Å². The Morgan fingerprint density at radius 2 is 1.95 bits per heavy atom. The average molecular weight is 276 g/mol. The first-order valence-electron chi connectivity index (χ1n) is 6.14. The zero-order valence-electron chi connectivity index (χ0n) is 11.5. The standard InChI is InChI=1S/C13H16N4O3/c1-8(2)11-12(17(18)19)13(16(3)15-11)20-10-6-4-9(14)5-7-10/h4-8H,14H2,1-3H3. The van der Waals surface area contributed by atoms with Gasteiger partial charge >= 0.3 is 5.69 Å². The molecule has 1 aromatic carbocycles. The highest BCUT2D eigenvalue weighted by molar-refractivity contribution is 5.50. The fourth-order valence-corrected chi connectivity index (χ4v) is 1.84. The van der Waals surface area contributed by atoms with Crippen molar-refractivity contribution in [1.29, 1.82) is 0 Å². The second kappa shape index (κ2) is 5.20. The maximum Gasteiger partial charge on any atom is 0.354 e. The lowest BCUT2D eigenvalue weighted by Crippen LogP contribution is -1.97. The zero-order valence-corrected chi connectivity index (χ0v) is 11.5. The average Bonchev–Trinajstić information content (AvgIpc) is 2.70. The van der Waals surface area contributed by atoms with Crippen LogP contribution < -0.4 is 10.5 Å². The maximum atomic E-state index is 11.3. The van der Waals surface area contributed by atoms with E-state index in [0.29, 0.717) is 17.1 Å². The SMILES string of the molecule is CC(C)c1nn(C)c(Oc2ccc(N)cc2)c1[N+](=O)[O-]. The van der Waals surface area contributed by atoms with Gasteiger partial charge in [-0.2, -0.15) is 5.10 Å². The van der Waals surface area contributed by atoms with Gasteiger partial charge in [0.05, 0.1) is 4.92 Å². The molecule has 0 bridgehead atoms. The van der Waals surface area contributed by atoms with Gasteiger partial charge in [-0.15, -0.1) is 0 Å². The Morgan fingerprint density at radius 1 is 1.35 bits per heavy atom. The molecule has 20 heavy (non-hydrogen) atoms. The fourth-order valence-electron chi connectivity index (χ4n) is 1.84. The minimum atomic E-state index is -0.463. The Balaban J connectivity index is 2.45.